The van der Waals surface area contributed by atoms with E-state index >= 15 is 0 Å². The van der Waals surface area contributed by atoms with Crippen LogP contribution in [0.25, 0.3) is 0 Å². The second-order valence-corrected chi connectivity index (χ2v) is 9.26. The second kappa shape index (κ2) is 11.6. The van der Waals surface area contributed by atoms with Crippen molar-refractivity contribution < 1.29 is 13.3 Å². The van der Waals surface area contributed by atoms with Crippen LogP contribution in [0.5, 0.6) is 0 Å². The molecule has 0 aliphatic carbocycles. The van der Waals surface area contributed by atoms with Crippen LogP contribution in [-0.4, -0.2) is 81.2 Å². The zero-order chi connectivity index (χ0) is 16.3. The van der Waals surface area contributed by atoms with E-state index in [0.29, 0.717) is 5.92 Å². The van der Waals surface area contributed by atoms with E-state index in [2.05, 4.69) is 38.0 Å². The maximum absolute atomic E-state index is 5.60. The minimum absolute atomic E-state index is 0.608. The van der Waals surface area contributed by atoms with E-state index in [-0.39, 0.29) is 0 Å². The van der Waals surface area contributed by atoms with Gasteiger partial charge in [0.15, 0.2) is 0 Å². The van der Waals surface area contributed by atoms with Gasteiger partial charge < -0.3 is 23.1 Å². The molecule has 0 aliphatic heterocycles. The maximum Gasteiger partial charge on any atom is 0.500 e. The summed E-state index contributed by atoms with van der Waals surface area (Å²) >= 11 is 0. The van der Waals surface area contributed by atoms with Crippen LogP contribution < -0.4 is 0 Å². The van der Waals surface area contributed by atoms with Gasteiger partial charge in [0.25, 0.3) is 0 Å². The predicted molar refractivity (Wildman–Crippen MR) is 90.7 cm³/mol. The van der Waals surface area contributed by atoms with Crippen LogP contribution in [-0.2, 0) is 13.3 Å². The lowest BCUT2D eigenvalue weighted by Gasteiger charge is -2.29. The van der Waals surface area contributed by atoms with E-state index in [1.165, 1.54) is 25.7 Å². The summed E-state index contributed by atoms with van der Waals surface area (Å²) in [7, 11) is 11.1. The largest absolute Gasteiger partial charge is 0.500 e. The summed E-state index contributed by atoms with van der Waals surface area (Å²) in [6, 6.07) is 0.914. The molecule has 0 bridgehead atoms. The van der Waals surface area contributed by atoms with Crippen LogP contribution in [0.3, 0.4) is 0 Å². The average Bonchev–Trinajstić information content (AvgIpc) is 2.43. The van der Waals surface area contributed by atoms with Gasteiger partial charge in [-0.1, -0.05) is 0 Å². The minimum atomic E-state index is -2.46. The summed E-state index contributed by atoms with van der Waals surface area (Å²) in [6.07, 6.45) is 4.83. The lowest BCUT2D eigenvalue weighted by Crippen LogP contribution is -2.44. The summed E-state index contributed by atoms with van der Waals surface area (Å²) in [5.74, 6) is 0.608. The van der Waals surface area contributed by atoms with Crippen LogP contribution in [0.2, 0.25) is 6.04 Å². The van der Waals surface area contributed by atoms with Gasteiger partial charge in [0.05, 0.1) is 0 Å². The van der Waals surface area contributed by atoms with Crippen molar-refractivity contribution in [2.24, 2.45) is 5.92 Å². The molecule has 0 aromatic heterocycles. The molecule has 0 amide bonds. The number of nitrogens with zero attached hydrogens (tertiary/aromatic N) is 2. The molecule has 0 saturated heterocycles. The third kappa shape index (κ3) is 9.60. The van der Waals surface area contributed by atoms with Gasteiger partial charge >= 0.3 is 8.80 Å². The fourth-order valence-corrected chi connectivity index (χ4v) is 4.71. The molecule has 0 N–H and O–H groups in total. The van der Waals surface area contributed by atoms with E-state index in [1.807, 2.05) is 0 Å². The SMILES string of the molecule is CO[Si](CC(CCCN(C)C)CCCN(C)C)(OC)OC. The Morgan fingerprint density at radius 2 is 1.14 bits per heavy atom. The molecule has 0 unspecified atom stereocenters. The molecule has 0 saturated carbocycles. The Kier molecular flexibility index (Phi) is 11.6. The molecular weight excluding hydrogens is 284 g/mol. The Bertz CT molecular complexity index is 227. The van der Waals surface area contributed by atoms with Crippen molar-refractivity contribution in [3.63, 3.8) is 0 Å². The summed E-state index contributed by atoms with van der Waals surface area (Å²) in [5.41, 5.74) is 0. The molecule has 6 heteroatoms. The van der Waals surface area contributed by atoms with E-state index in [0.717, 1.165) is 19.1 Å². The topological polar surface area (TPSA) is 34.2 Å². The van der Waals surface area contributed by atoms with Crippen LogP contribution in [0.1, 0.15) is 25.7 Å². The molecule has 128 valence electrons. The first-order chi connectivity index (χ1) is 9.89. The Morgan fingerprint density at radius 1 is 0.762 bits per heavy atom. The minimum Gasteiger partial charge on any atom is -0.377 e. The quantitative estimate of drug-likeness (QED) is 0.486. The van der Waals surface area contributed by atoms with Gasteiger partial charge in [0.1, 0.15) is 0 Å². The third-order valence-corrected chi connectivity index (χ3v) is 6.85. The van der Waals surface area contributed by atoms with Crippen molar-refractivity contribution in [2.75, 3.05) is 62.6 Å². The number of hydrogen-bond donors (Lipinski definition) is 0. The highest BCUT2D eigenvalue weighted by Crippen LogP contribution is 2.27. The summed E-state index contributed by atoms with van der Waals surface area (Å²) in [4.78, 5) is 4.48. The van der Waals surface area contributed by atoms with E-state index in [9.17, 15) is 0 Å². The fourth-order valence-electron chi connectivity index (χ4n) is 2.59. The van der Waals surface area contributed by atoms with Crippen molar-refractivity contribution in [1.29, 1.82) is 0 Å². The molecule has 5 nitrogen and oxygen atoms in total. The van der Waals surface area contributed by atoms with E-state index < -0.39 is 8.80 Å². The van der Waals surface area contributed by atoms with Gasteiger partial charge in [0.2, 0.25) is 0 Å². The highest BCUT2D eigenvalue weighted by atomic mass is 28.4. The Hall–Kier alpha value is 0.0169. The van der Waals surface area contributed by atoms with Crippen molar-refractivity contribution >= 4 is 8.80 Å². The van der Waals surface area contributed by atoms with Gasteiger partial charge in [-0.25, -0.2) is 0 Å². The van der Waals surface area contributed by atoms with Gasteiger partial charge in [0, 0.05) is 27.4 Å². The predicted octanol–water partition coefficient (Wildman–Crippen LogP) is 2.16. The lowest BCUT2D eigenvalue weighted by atomic mass is 9.99. The van der Waals surface area contributed by atoms with Crippen LogP contribution in [0.15, 0.2) is 0 Å². The zero-order valence-corrected chi connectivity index (χ0v) is 16.1. The molecule has 0 rings (SSSR count). The van der Waals surface area contributed by atoms with Crippen LogP contribution >= 0.6 is 0 Å². The molecule has 0 spiro atoms. The smallest absolute Gasteiger partial charge is 0.377 e. The highest BCUT2D eigenvalue weighted by molar-refractivity contribution is 6.60. The monoisotopic (exact) mass is 320 g/mol. The molecule has 0 aliphatic rings. The first-order valence-corrected chi connectivity index (χ1v) is 9.77. The van der Waals surface area contributed by atoms with Gasteiger partial charge in [-0.2, -0.15) is 0 Å². The molecule has 0 radical (unpaired) electrons. The third-order valence-electron chi connectivity index (χ3n) is 3.91. The first-order valence-electron chi connectivity index (χ1n) is 7.84. The molecule has 21 heavy (non-hydrogen) atoms. The number of rotatable bonds is 13. The van der Waals surface area contributed by atoms with E-state index in [4.69, 9.17) is 13.3 Å². The fraction of sp³-hybridized carbons (Fsp3) is 1.00. The molecule has 0 atom stereocenters. The molecule has 0 fully saturated rings. The molecule has 0 aromatic rings. The zero-order valence-electron chi connectivity index (χ0n) is 15.1. The normalized spacial score (nSPS) is 12.9. The van der Waals surface area contributed by atoms with E-state index in [1.54, 1.807) is 21.3 Å². The van der Waals surface area contributed by atoms with Gasteiger partial charge in [-0.15, -0.1) is 0 Å². The standard InChI is InChI=1S/C15H36N2O3Si/c1-16(2)12-8-10-15(11-9-13-17(3)4)14-21(18-5,19-6)20-7/h15H,8-14H2,1-7H3. The second-order valence-electron chi connectivity index (χ2n) is 6.26. The molecule has 0 heterocycles. The average molecular weight is 321 g/mol. The Balaban J connectivity index is 4.46. The van der Waals surface area contributed by atoms with Gasteiger partial charge in [-0.3, -0.25) is 0 Å². The van der Waals surface area contributed by atoms with Crippen LogP contribution in [0, 0.1) is 5.92 Å². The highest BCUT2D eigenvalue weighted by Gasteiger charge is 2.40. The lowest BCUT2D eigenvalue weighted by molar-refractivity contribution is 0.116. The van der Waals surface area contributed by atoms with Crippen molar-refractivity contribution in [1.82, 2.24) is 9.80 Å². The Labute approximate surface area is 132 Å². The summed E-state index contributed by atoms with van der Waals surface area (Å²) in [6.45, 7) is 2.26. The number of hydrogen-bond acceptors (Lipinski definition) is 5. The van der Waals surface area contributed by atoms with Crippen molar-refractivity contribution in [3.05, 3.63) is 0 Å². The maximum atomic E-state index is 5.60. The van der Waals surface area contributed by atoms with Gasteiger partial charge in [-0.05, 0) is 72.9 Å². The molecular formula is C15H36N2O3Si. The van der Waals surface area contributed by atoms with Crippen molar-refractivity contribution in [2.45, 2.75) is 31.7 Å². The summed E-state index contributed by atoms with van der Waals surface area (Å²) < 4.78 is 16.8. The summed E-state index contributed by atoms with van der Waals surface area (Å²) in [5, 5.41) is 0. The molecule has 0 aromatic carbocycles. The first kappa shape index (κ1) is 21.0. The van der Waals surface area contributed by atoms with Crippen LogP contribution in [0.4, 0.5) is 0 Å². The Morgan fingerprint density at radius 3 is 1.43 bits per heavy atom. The van der Waals surface area contributed by atoms with Crippen molar-refractivity contribution in [3.8, 4) is 0 Å².